The molecule has 2 aromatic carbocycles. The number of hydrogen-bond acceptors (Lipinski definition) is 17. The molecular formula is C54H94KO17+. The molecule has 18 heteroatoms. The van der Waals surface area contributed by atoms with Crippen LogP contribution in [0.5, 0.6) is 0 Å². The third-order valence-corrected chi connectivity index (χ3v) is 11.1. The Morgan fingerprint density at radius 2 is 0.778 bits per heavy atom. The zero-order chi connectivity index (χ0) is 51.1. The van der Waals surface area contributed by atoms with Crippen LogP contribution in [0.4, 0.5) is 0 Å². The molecule has 0 spiro atoms. The second-order valence-electron chi connectivity index (χ2n) is 18.0. The molecule has 0 amide bonds. The first-order chi connectivity index (χ1) is 33.9. The first-order valence-corrected chi connectivity index (χ1v) is 25.6. The van der Waals surface area contributed by atoms with E-state index in [0.29, 0.717) is 123 Å². The summed E-state index contributed by atoms with van der Waals surface area (Å²) in [6.07, 6.45) is 6.31. The third-order valence-electron chi connectivity index (χ3n) is 11.1. The van der Waals surface area contributed by atoms with Crippen LogP contribution in [0.3, 0.4) is 0 Å². The SMILES string of the molecule is CC1(c2cccc(C3(C)CO3)c2)CO1.CCCCOCCOCCOCCOCC(C)(O)c1cccc(C(C)(O)COCCOCCOCCOCCCC)c1.[CH2+]CCCOCCOCCOCCO.[K+].[OH-]. The second-order valence-corrected chi connectivity index (χ2v) is 18.0. The molecular weight excluding hydrogens is 960 g/mol. The molecule has 2 aliphatic heterocycles. The largest absolute Gasteiger partial charge is 1.00 e. The number of rotatable bonds is 43. The van der Waals surface area contributed by atoms with Crippen molar-refractivity contribution < 1.29 is 134 Å². The van der Waals surface area contributed by atoms with E-state index in [1.54, 1.807) is 19.9 Å². The number of hydrogen-bond donors (Lipinski definition) is 3. The smallest absolute Gasteiger partial charge is 0.870 e. The summed E-state index contributed by atoms with van der Waals surface area (Å²) < 4.78 is 70.5. The van der Waals surface area contributed by atoms with Crippen molar-refractivity contribution in [2.75, 3.05) is 165 Å². The van der Waals surface area contributed by atoms with E-state index in [4.69, 9.17) is 66.7 Å². The van der Waals surface area contributed by atoms with E-state index < -0.39 is 11.2 Å². The van der Waals surface area contributed by atoms with Crippen molar-refractivity contribution in [1.82, 2.24) is 0 Å². The Morgan fingerprint density at radius 1 is 0.486 bits per heavy atom. The molecule has 2 saturated heterocycles. The Kier molecular flexibility index (Phi) is 43.8. The molecule has 0 radical (unpaired) electrons. The van der Waals surface area contributed by atoms with Gasteiger partial charge in [0.25, 0.3) is 0 Å². The summed E-state index contributed by atoms with van der Waals surface area (Å²) in [5.41, 5.74) is 1.32. The summed E-state index contributed by atoms with van der Waals surface area (Å²) in [5.74, 6) is 0. The minimum Gasteiger partial charge on any atom is -0.870 e. The average molecular weight is 1050 g/mol. The van der Waals surface area contributed by atoms with Crippen molar-refractivity contribution in [3.63, 3.8) is 0 Å². The molecule has 0 aromatic heterocycles. The van der Waals surface area contributed by atoms with Crippen LogP contribution in [-0.2, 0) is 84.0 Å². The van der Waals surface area contributed by atoms with Gasteiger partial charge in [0.15, 0.2) is 0 Å². The summed E-state index contributed by atoms with van der Waals surface area (Å²) >= 11 is 0. The molecule has 0 bridgehead atoms. The van der Waals surface area contributed by atoms with Gasteiger partial charge in [-0.1, -0.05) is 63.1 Å². The molecule has 4 N–H and O–H groups in total. The number of aliphatic hydroxyl groups is 3. The molecule has 17 nitrogen and oxygen atoms in total. The van der Waals surface area contributed by atoms with Gasteiger partial charge in [-0.05, 0) is 74.9 Å². The molecule has 412 valence electrons. The molecule has 2 aliphatic rings. The fraction of sp³-hybridized carbons (Fsp3) is 0.759. The number of unbranched alkanes of at least 4 members (excludes halogenated alkanes) is 3. The van der Waals surface area contributed by atoms with E-state index in [0.717, 1.165) is 71.6 Å². The van der Waals surface area contributed by atoms with Gasteiger partial charge in [-0.15, -0.1) is 0 Å². The normalized spacial score (nSPS) is 18.3. The molecule has 0 aliphatic carbocycles. The second kappa shape index (κ2) is 44.3. The van der Waals surface area contributed by atoms with Gasteiger partial charge in [-0.3, -0.25) is 0 Å². The van der Waals surface area contributed by atoms with Crippen LogP contribution in [0, 0.1) is 6.92 Å². The number of epoxide rings is 2. The van der Waals surface area contributed by atoms with Crippen molar-refractivity contribution in [3.05, 3.63) is 77.7 Å². The van der Waals surface area contributed by atoms with Crippen molar-refractivity contribution in [2.24, 2.45) is 0 Å². The molecule has 2 heterocycles. The molecule has 4 unspecified atom stereocenters. The van der Waals surface area contributed by atoms with Gasteiger partial charge >= 0.3 is 51.4 Å². The molecule has 2 fully saturated rings. The summed E-state index contributed by atoms with van der Waals surface area (Å²) in [7, 11) is 0. The zero-order valence-electron chi connectivity index (χ0n) is 45.3. The summed E-state index contributed by atoms with van der Waals surface area (Å²) in [4.78, 5) is 0. The third kappa shape index (κ3) is 34.8. The van der Waals surface area contributed by atoms with Gasteiger partial charge in [0, 0.05) is 19.6 Å². The quantitative estimate of drug-likeness (QED) is 0.0375. The maximum absolute atomic E-state index is 11.0. The Bertz CT molecular complexity index is 1430. The Morgan fingerprint density at radius 3 is 1.08 bits per heavy atom. The van der Waals surface area contributed by atoms with E-state index >= 15 is 0 Å². The summed E-state index contributed by atoms with van der Waals surface area (Å²) in [5, 5.41) is 30.4. The molecule has 4 rings (SSSR count). The van der Waals surface area contributed by atoms with Crippen LogP contribution in [0.25, 0.3) is 0 Å². The van der Waals surface area contributed by atoms with E-state index in [-0.39, 0.29) is 87.9 Å². The van der Waals surface area contributed by atoms with Crippen LogP contribution in [0.1, 0.15) is 102 Å². The van der Waals surface area contributed by atoms with E-state index in [2.05, 4.69) is 58.9 Å². The van der Waals surface area contributed by atoms with Crippen molar-refractivity contribution in [2.45, 2.75) is 102 Å². The maximum atomic E-state index is 11.0. The van der Waals surface area contributed by atoms with Gasteiger partial charge in [0.05, 0.1) is 165 Å². The van der Waals surface area contributed by atoms with Crippen LogP contribution in [-0.4, -0.2) is 186 Å². The maximum Gasteiger partial charge on any atom is 1.00 e. The van der Waals surface area contributed by atoms with Crippen molar-refractivity contribution >= 4 is 0 Å². The number of ether oxygens (including phenoxy) is 13. The predicted octanol–water partition coefficient (Wildman–Crippen LogP) is 3.48. The summed E-state index contributed by atoms with van der Waals surface area (Å²) in [6.45, 7) is 28.3. The fourth-order valence-corrected chi connectivity index (χ4v) is 6.25. The number of benzene rings is 2. The van der Waals surface area contributed by atoms with Crippen LogP contribution < -0.4 is 51.4 Å². The molecule has 2 aromatic rings. The zero-order valence-corrected chi connectivity index (χ0v) is 48.5. The summed E-state index contributed by atoms with van der Waals surface area (Å²) in [6, 6.07) is 15.8. The van der Waals surface area contributed by atoms with E-state index in [9.17, 15) is 10.2 Å². The van der Waals surface area contributed by atoms with Crippen molar-refractivity contribution in [3.8, 4) is 0 Å². The Hall–Kier alpha value is -0.734. The number of aliphatic hydroxyl groups excluding tert-OH is 1. The first-order valence-electron chi connectivity index (χ1n) is 25.6. The molecule has 72 heavy (non-hydrogen) atoms. The van der Waals surface area contributed by atoms with Gasteiger partial charge in [0.1, 0.15) is 22.4 Å². The monoisotopic (exact) mass is 1050 g/mol. The Labute approximate surface area is 475 Å². The van der Waals surface area contributed by atoms with Crippen LogP contribution >= 0.6 is 0 Å². The first kappa shape index (κ1) is 71.3. The van der Waals surface area contributed by atoms with Crippen LogP contribution in [0.2, 0.25) is 0 Å². The standard InChI is InChI=1S/C32H58O10.C12H14O2.C10H21O4.K.H2O/c1-5-7-12-35-14-16-37-18-20-39-22-24-41-27-31(3,33)29-10-9-11-30(26-29)32(4,34)28-42-25-23-40-21-19-38-17-15-36-13-8-6-2;1-11(7-13-11)9-4-3-5-10(6-9)12(2)8-14-12;1-2-3-5-12-7-9-14-10-8-13-6-4-11;;/h9-11,26,33-34H,5-8,12-25,27-28H2,1-4H3;3-6H,7-8H2,1-2H3;11H,1-10H2;;1H2/q;;2*+1;/p-1. The van der Waals surface area contributed by atoms with Crippen LogP contribution in [0.15, 0.2) is 48.5 Å². The molecule has 4 atom stereocenters. The predicted molar refractivity (Wildman–Crippen MR) is 271 cm³/mol. The fourth-order valence-electron chi connectivity index (χ4n) is 6.25. The van der Waals surface area contributed by atoms with E-state index in [1.165, 1.54) is 11.1 Å². The van der Waals surface area contributed by atoms with Gasteiger partial charge in [0.2, 0.25) is 0 Å². The minimum absolute atomic E-state index is 0. The molecule has 0 saturated carbocycles. The van der Waals surface area contributed by atoms with Gasteiger partial charge in [-0.2, -0.15) is 0 Å². The Balaban J connectivity index is 0.00000135. The average Bonchev–Trinajstić information content (AvgIpc) is 4.31. The minimum atomic E-state index is -1.23. The topological polar surface area (TPSA) is 217 Å². The van der Waals surface area contributed by atoms with E-state index in [1.807, 2.05) is 18.2 Å². The van der Waals surface area contributed by atoms with Gasteiger partial charge < -0.3 is 82.4 Å². The van der Waals surface area contributed by atoms with Crippen molar-refractivity contribution in [1.29, 1.82) is 0 Å². The van der Waals surface area contributed by atoms with Gasteiger partial charge in [-0.25, -0.2) is 0 Å².